The molecule has 1 aliphatic rings. The highest BCUT2D eigenvalue weighted by atomic mass is 35.5. The van der Waals surface area contributed by atoms with Crippen LogP contribution in [-0.4, -0.2) is 32.0 Å². The predicted molar refractivity (Wildman–Crippen MR) is 148 cm³/mol. The second-order valence-electron chi connectivity index (χ2n) is 8.13. The number of ketones is 1. The van der Waals surface area contributed by atoms with E-state index >= 15 is 0 Å². The fourth-order valence-electron chi connectivity index (χ4n) is 3.94. The number of anilines is 1. The first kappa shape index (κ1) is 25.9. The van der Waals surface area contributed by atoms with Crippen molar-refractivity contribution in [3.05, 3.63) is 96.6 Å². The summed E-state index contributed by atoms with van der Waals surface area (Å²) in [5, 5.41) is 21.6. The van der Waals surface area contributed by atoms with Crippen molar-refractivity contribution in [2.75, 3.05) is 4.90 Å². The third-order valence-electron chi connectivity index (χ3n) is 5.63. The number of thiazole rings is 1. The van der Waals surface area contributed by atoms with Gasteiger partial charge in [-0.1, -0.05) is 70.6 Å². The molecule has 0 aliphatic carbocycles. The summed E-state index contributed by atoms with van der Waals surface area (Å²) in [5.41, 5.74) is 2.19. The van der Waals surface area contributed by atoms with Gasteiger partial charge in [-0.2, -0.15) is 0 Å². The number of Topliss-reactive ketones (excluding diaryl/α,β-unsaturated/α-hetero) is 1. The summed E-state index contributed by atoms with van der Waals surface area (Å²) in [7, 11) is 0. The summed E-state index contributed by atoms with van der Waals surface area (Å²) >= 11 is 16.0. The van der Waals surface area contributed by atoms with Gasteiger partial charge in [-0.05, 0) is 49.2 Å². The van der Waals surface area contributed by atoms with Crippen LogP contribution < -0.4 is 4.90 Å². The fourth-order valence-corrected chi connectivity index (χ4v) is 6.89. The summed E-state index contributed by atoms with van der Waals surface area (Å²) in [5.74, 6) is -1.13. The van der Waals surface area contributed by atoms with Gasteiger partial charge in [-0.25, -0.2) is 4.98 Å². The van der Waals surface area contributed by atoms with Gasteiger partial charge < -0.3 is 5.11 Å². The van der Waals surface area contributed by atoms with E-state index in [-0.39, 0.29) is 10.7 Å². The molecule has 7 nitrogen and oxygen atoms in total. The third kappa shape index (κ3) is 5.17. The molecular formula is C25H18Cl2N4O3S3. The topological polar surface area (TPSA) is 96.3 Å². The number of hydrogen-bond acceptors (Lipinski definition) is 9. The lowest BCUT2D eigenvalue weighted by molar-refractivity contribution is -0.117. The Morgan fingerprint density at radius 3 is 2.30 bits per heavy atom. The minimum Gasteiger partial charge on any atom is -0.503 e. The molecule has 0 saturated carbocycles. The maximum absolute atomic E-state index is 13.7. The number of aromatic nitrogens is 3. The van der Waals surface area contributed by atoms with Crippen LogP contribution in [0.4, 0.5) is 5.13 Å². The number of aliphatic hydroxyl groups excluding tert-OH is 1. The molecule has 0 bridgehead atoms. The molecule has 1 amide bonds. The van der Waals surface area contributed by atoms with Crippen molar-refractivity contribution in [1.82, 2.24) is 15.2 Å². The standard InChI is InChI=1S/C25H18Cl2N4O3S3/c1-12-22(36-13(2)28-12)20(32)18-19(15-5-9-17(27)10-6-15)31(23(34)21(18)33)24-29-30-25(37-24)35-11-14-3-7-16(26)8-4-14/h3-10,19,33H,11H2,1-2H3. The molecule has 0 spiro atoms. The Morgan fingerprint density at radius 2 is 1.68 bits per heavy atom. The van der Waals surface area contributed by atoms with Gasteiger partial charge in [0.1, 0.15) is 0 Å². The number of hydrogen-bond donors (Lipinski definition) is 1. The molecule has 0 fully saturated rings. The second kappa shape index (κ2) is 10.5. The van der Waals surface area contributed by atoms with Gasteiger partial charge in [-0.15, -0.1) is 21.5 Å². The average molecular weight is 590 g/mol. The van der Waals surface area contributed by atoms with Crippen LogP contribution in [0.25, 0.3) is 0 Å². The Morgan fingerprint density at radius 1 is 1.03 bits per heavy atom. The SMILES string of the molecule is Cc1nc(C)c(C(=O)C2=C(O)C(=O)N(c3nnc(SCc4ccc(Cl)cc4)s3)C2c2ccc(Cl)cc2)s1. The van der Waals surface area contributed by atoms with Crippen LogP contribution in [0.15, 0.2) is 64.2 Å². The molecule has 37 heavy (non-hydrogen) atoms. The normalized spacial score (nSPS) is 15.6. The zero-order valence-corrected chi connectivity index (χ0v) is 23.4. The van der Waals surface area contributed by atoms with Crippen molar-refractivity contribution in [1.29, 1.82) is 0 Å². The second-order valence-corrected chi connectivity index (χ2v) is 12.4. The molecule has 2 aromatic heterocycles. The Bertz CT molecular complexity index is 1530. The molecule has 0 radical (unpaired) electrons. The van der Waals surface area contributed by atoms with Crippen molar-refractivity contribution >= 4 is 74.5 Å². The first-order valence-corrected chi connectivity index (χ1v) is 14.3. The maximum Gasteiger partial charge on any atom is 0.296 e. The largest absolute Gasteiger partial charge is 0.503 e. The summed E-state index contributed by atoms with van der Waals surface area (Å²) < 4.78 is 0.640. The van der Waals surface area contributed by atoms with E-state index in [1.165, 1.54) is 39.3 Å². The quantitative estimate of drug-likeness (QED) is 0.141. The van der Waals surface area contributed by atoms with Crippen LogP contribution in [0, 0.1) is 13.8 Å². The Hall–Kier alpha value is -2.76. The van der Waals surface area contributed by atoms with Crippen LogP contribution in [0.2, 0.25) is 10.0 Å². The number of thioether (sulfide) groups is 1. The van der Waals surface area contributed by atoms with Crippen molar-refractivity contribution in [3.63, 3.8) is 0 Å². The molecule has 0 saturated heterocycles. The van der Waals surface area contributed by atoms with Crippen LogP contribution in [-0.2, 0) is 10.5 Å². The summed E-state index contributed by atoms with van der Waals surface area (Å²) in [6, 6.07) is 13.4. The van der Waals surface area contributed by atoms with E-state index in [1.807, 2.05) is 24.3 Å². The highest BCUT2D eigenvalue weighted by molar-refractivity contribution is 8.00. The Labute approximate surface area is 234 Å². The number of benzene rings is 2. The number of halogens is 2. The van der Waals surface area contributed by atoms with Crippen LogP contribution in [0.1, 0.15) is 37.5 Å². The minimum absolute atomic E-state index is 0.0235. The van der Waals surface area contributed by atoms with Gasteiger partial charge in [0.15, 0.2) is 10.1 Å². The number of aryl methyl sites for hydroxylation is 2. The first-order valence-electron chi connectivity index (χ1n) is 10.9. The molecule has 3 heterocycles. The molecule has 2 aromatic carbocycles. The highest BCUT2D eigenvalue weighted by Crippen LogP contribution is 2.44. The molecule has 4 aromatic rings. The minimum atomic E-state index is -0.902. The lowest BCUT2D eigenvalue weighted by atomic mass is 9.95. The van der Waals surface area contributed by atoms with Gasteiger partial charge in [-0.3, -0.25) is 14.5 Å². The van der Waals surface area contributed by atoms with Gasteiger partial charge in [0, 0.05) is 15.8 Å². The van der Waals surface area contributed by atoms with Crippen LogP contribution in [0.5, 0.6) is 0 Å². The van der Waals surface area contributed by atoms with E-state index in [1.54, 1.807) is 38.1 Å². The van der Waals surface area contributed by atoms with Gasteiger partial charge in [0.2, 0.25) is 10.9 Å². The van der Waals surface area contributed by atoms with E-state index in [2.05, 4.69) is 15.2 Å². The third-order valence-corrected chi connectivity index (χ3v) is 9.33. The summed E-state index contributed by atoms with van der Waals surface area (Å²) in [6.07, 6.45) is 0. The highest BCUT2D eigenvalue weighted by Gasteiger charge is 2.46. The van der Waals surface area contributed by atoms with Gasteiger partial charge in [0.25, 0.3) is 5.91 Å². The fraction of sp³-hybridized carbons (Fsp3) is 0.160. The monoisotopic (exact) mass is 588 g/mol. The number of carbonyl (C=O) groups excluding carboxylic acids is 2. The molecule has 188 valence electrons. The summed E-state index contributed by atoms with van der Waals surface area (Å²) in [4.78, 5) is 33.0. The number of aliphatic hydroxyl groups is 1. The Kier molecular flexibility index (Phi) is 7.37. The van der Waals surface area contributed by atoms with Crippen LogP contribution in [0.3, 0.4) is 0 Å². The summed E-state index contributed by atoms with van der Waals surface area (Å²) in [6.45, 7) is 3.53. The molecular weight excluding hydrogens is 571 g/mol. The number of rotatable bonds is 7. The lowest BCUT2D eigenvalue weighted by Gasteiger charge is -2.24. The van der Waals surface area contributed by atoms with Crippen molar-refractivity contribution < 1.29 is 14.7 Å². The van der Waals surface area contributed by atoms with E-state index < -0.39 is 23.5 Å². The smallest absolute Gasteiger partial charge is 0.296 e. The maximum atomic E-state index is 13.7. The van der Waals surface area contributed by atoms with E-state index in [0.29, 0.717) is 36.3 Å². The Balaban J connectivity index is 1.50. The molecule has 1 aliphatic heterocycles. The molecule has 1 N–H and O–H groups in total. The number of amides is 1. The van der Waals surface area contributed by atoms with E-state index in [9.17, 15) is 14.7 Å². The zero-order chi connectivity index (χ0) is 26.3. The van der Waals surface area contributed by atoms with Crippen molar-refractivity contribution in [2.24, 2.45) is 0 Å². The molecule has 5 rings (SSSR count). The van der Waals surface area contributed by atoms with Gasteiger partial charge in [0.05, 0.1) is 27.2 Å². The number of carbonyl (C=O) groups is 2. The van der Waals surface area contributed by atoms with Crippen LogP contribution >= 0.6 is 57.6 Å². The van der Waals surface area contributed by atoms with E-state index in [0.717, 1.165) is 10.6 Å². The van der Waals surface area contributed by atoms with Crippen molar-refractivity contribution in [2.45, 2.75) is 30.0 Å². The molecule has 12 heteroatoms. The van der Waals surface area contributed by atoms with E-state index in [4.69, 9.17) is 23.2 Å². The van der Waals surface area contributed by atoms with Crippen molar-refractivity contribution in [3.8, 4) is 0 Å². The predicted octanol–water partition coefficient (Wildman–Crippen LogP) is 6.99. The zero-order valence-electron chi connectivity index (χ0n) is 19.4. The molecule has 1 unspecified atom stereocenters. The molecule has 1 atom stereocenters. The number of nitrogens with zero attached hydrogens (tertiary/aromatic N) is 4. The average Bonchev–Trinajstić information content (AvgIpc) is 3.55. The first-order chi connectivity index (χ1) is 17.7. The lowest BCUT2D eigenvalue weighted by Crippen LogP contribution is -2.31. The van der Waals surface area contributed by atoms with Gasteiger partial charge >= 0.3 is 0 Å².